The zero-order chi connectivity index (χ0) is 26.9. The highest BCUT2D eigenvalue weighted by Gasteiger charge is 2.17. The summed E-state index contributed by atoms with van der Waals surface area (Å²) in [6, 6.07) is 21.4. The summed E-state index contributed by atoms with van der Waals surface area (Å²) in [6.45, 7) is -0.0499. The lowest BCUT2D eigenvalue weighted by atomic mass is 10.3. The van der Waals surface area contributed by atoms with Crippen molar-refractivity contribution in [2.45, 2.75) is 11.7 Å². The van der Waals surface area contributed by atoms with Gasteiger partial charge < -0.3 is 20.1 Å². The molecule has 0 radical (unpaired) electrons. The number of nitrogens with one attached hydrogen (secondary N) is 2. The molecule has 0 saturated heterocycles. The number of aromatic nitrogens is 3. The average molecular weight is 617 g/mol. The minimum absolute atomic E-state index is 0.113. The van der Waals surface area contributed by atoms with Crippen molar-refractivity contribution < 1.29 is 19.1 Å². The van der Waals surface area contributed by atoms with Gasteiger partial charge in [0.25, 0.3) is 5.91 Å². The van der Waals surface area contributed by atoms with Gasteiger partial charge in [-0.05, 0) is 72.8 Å². The quantitative estimate of drug-likeness (QED) is 0.225. The number of rotatable bonds is 11. The molecule has 196 valence electrons. The Morgan fingerprint density at radius 3 is 2.32 bits per heavy atom. The SMILES string of the molecule is COc1ccc(NC(=O)CSc2nnc(CNC(=O)COc3ccc(Cl)cc3)n2-c2ccc(Br)cc2)cc1. The van der Waals surface area contributed by atoms with Crippen molar-refractivity contribution in [1.29, 1.82) is 0 Å². The van der Waals surface area contributed by atoms with E-state index in [9.17, 15) is 9.59 Å². The molecule has 0 aliphatic rings. The summed E-state index contributed by atoms with van der Waals surface area (Å²) in [4.78, 5) is 25.0. The summed E-state index contributed by atoms with van der Waals surface area (Å²) >= 11 is 10.6. The van der Waals surface area contributed by atoms with Crippen LogP contribution in [0.3, 0.4) is 0 Å². The third kappa shape index (κ3) is 7.73. The Bertz CT molecular complexity index is 1380. The standard InChI is InChI=1S/C26H23BrClN5O4S/c1-36-21-12-6-19(7-13-21)30-25(35)16-38-26-32-31-23(33(26)20-8-2-17(27)3-9-20)14-29-24(34)15-37-22-10-4-18(28)5-11-22/h2-13H,14-16H2,1H3,(H,29,34)(H,30,35). The van der Waals surface area contributed by atoms with Gasteiger partial charge in [-0.2, -0.15) is 0 Å². The van der Waals surface area contributed by atoms with E-state index in [1.165, 1.54) is 11.8 Å². The number of benzene rings is 3. The van der Waals surface area contributed by atoms with E-state index in [0.717, 1.165) is 10.2 Å². The fourth-order valence-electron chi connectivity index (χ4n) is 3.27. The van der Waals surface area contributed by atoms with E-state index in [2.05, 4.69) is 36.8 Å². The molecule has 0 unspecified atom stereocenters. The number of carbonyl (C=O) groups is 2. The number of anilines is 1. The summed E-state index contributed by atoms with van der Waals surface area (Å²) in [5.74, 6) is 1.34. The highest BCUT2D eigenvalue weighted by molar-refractivity contribution is 9.10. The molecule has 2 N–H and O–H groups in total. The van der Waals surface area contributed by atoms with Crippen molar-refractivity contribution in [3.05, 3.63) is 88.1 Å². The average Bonchev–Trinajstić information content (AvgIpc) is 3.34. The molecule has 0 fully saturated rings. The van der Waals surface area contributed by atoms with Crippen LogP contribution in [0.25, 0.3) is 5.69 Å². The van der Waals surface area contributed by atoms with Crippen molar-refractivity contribution in [1.82, 2.24) is 20.1 Å². The Balaban J connectivity index is 1.40. The van der Waals surface area contributed by atoms with E-state index < -0.39 is 0 Å². The van der Waals surface area contributed by atoms with E-state index in [1.807, 2.05) is 24.3 Å². The molecular formula is C26H23BrClN5O4S. The highest BCUT2D eigenvalue weighted by atomic mass is 79.9. The smallest absolute Gasteiger partial charge is 0.258 e. The van der Waals surface area contributed by atoms with Gasteiger partial charge in [0.1, 0.15) is 11.5 Å². The maximum Gasteiger partial charge on any atom is 0.258 e. The van der Waals surface area contributed by atoms with Crippen LogP contribution in [0.1, 0.15) is 5.82 Å². The van der Waals surface area contributed by atoms with Crippen LogP contribution >= 0.6 is 39.3 Å². The van der Waals surface area contributed by atoms with Gasteiger partial charge in [-0.1, -0.05) is 39.3 Å². The lowest BCUT2D eigenvalue weighted by Gasteiger charge is -2.12. The van der Waals surface area contributed by atoms with Crippen LogP contribution in [-0.4, -0.2) is 46.0 Å². The van der Waals surface area contributed by atoms with Gasteiger partial charge in [-0.15, -0.1) is 10.2 Å². The van der Waals surface area contributed by atoms with Gasteiger partial charge in [-0.25, -0.2) is 0 Å². The Labute approximate surface area is 237 Å². The van der Waals surface area contributed by atoms with Crippen molar-refractivity contribution in [2.24, 2.45) is 0 Å². The fourth-order valence-corrected chi connectivity index (χ4v) is 4.43. The lowest BCUT2D eigenvalue weighted by molar-refractivity contribution is -0.123. The number of amides is 2. The molecule has 0 spiro atoms. The van der Waals surface area contributed by atoms with Crippen LogP contribution < -0.4 is 20.1 Å². The molecule has 1 aromatic heterocycles. The number of hydrogen-bond donors (Lipinski definition) is 2. The Kier molecular flexibility index (Phi) is 9.63. The molecule has 3 aromatic carbocycles. The molecule has 0 bridgehead atoms. The number of carbonyl (C=O) groups excluding carboxylic acids is 2. The Morgan fingerprint density at radius 1 is 0.947 bits per heavy atom. The largest absolute Gasteiger partial charge is 0.497 e. The molecule has 9 nitrogen and oxygen atoms in total. The zero-order valence-corrected chi connectivity index (χ0v) is 23.3. The predicted octanol–water partition coefficient (Wildman–Crippen LogP) is 5.12. The van der Waals surface area contributed by atoms with Crippen molar-refractivity contribution in [3.8, 4) is 17.2 Å². The number of nitrogens with zero attached hydrogens (tertiary/aromatic N) is 3. The number of thioether (sulfide) groups is 1. The van der Waals surface area contributed by atoms with Crippen molar-refractivity contribution in [2.75, 3.05) is 24.8 Å². The molecule has 4 aromatic rings. The molecule has 0 aliphatic carbocycles. The van der Waals surface area contributed by atoms with Crippen LogP contribution in [0.4, 0.5) is 5.69 Å². The van der Waals surface area contributed by atoms with Gasteiger partial charge in [0, 0.05) is 20.9 Å². The van der Waals surface area contributed by atoms with Crippen LogP contribution in [0, 0.1) is 0 Å². The van der Waals surface area contributed by atoms with E-state index in [-0.39, 0.29) is 30.7 Å². The fraction of sp³-hybridized carbons (Fsp3) is 0.154. The molecule has 1 heterocycles. The molecule has 0 atom stereocenters. The summed E-state index contributed by atoms with van der Waals surface area (Å²) in [5, 5.41) is 15.3. The molecule has 2 amide bonds. The van der Waals surface area contributed by atoms with Crippen molar-refractivity contribution in [3.63, 3.8) is 0 Å². The van der Waals surface area contributed by atoms with Gasteiger partial charge in [-0.3, -0.25) is 14.2 Å². The monoisotopic (exact) mass is 615 g/mol. The second kappa shape index (κ2) is 13.3. The molecule has 38 heavy (non-hydrogen) atoms. The first-order valence-corrected chi connectivity index (χ1v) is 13.5. The van der Waals surface area contributed by atoms with Gasteiger partial charge >= 0.3 is 0 Å². The lowest BCUT2D eigenvalue weighted by Crippen LogP contribution is -2.29. The first-order valence-electron chi connectivity index (χ1n) is 11.3. The minimum Gasteiger partial charge on any atom is -0.497 e. The van der Waals surface area contributed by atoms with Crippen molar-refractivity contribution >= 4 is 56.8 Å². The maximum absolute atomic E-state index is 12.6. The Morgan fingerprint density at radius 2 is 1.63 bits per heavy atom. The van der Waals surface area contributed by atoms with Gasteiger partial charge in [0.2, 0.25) is 5.91 Å². The topological polar surface area (TPSA) is 107 Å². The van der Waals surface area contributed by atoms with E-state index >= 15 is 0 Å². The summed E-state index contributed by atoms with van der Waals surface area (Å²) in [7, 11) is 1.58. The van der Waals surface area contributed by atoms with Crippen LogP contribution in [-0.2, 0) is 16.1 Å². The maximum atomic E-state index is 12.6. The number of ether oxygens (including phenoxy) is 2. The summed E-state index contributed by atoms with van der Waals surface area (Å²) in [6.07, 6.45) is 0. The normalized spacial score (nSPS) is 10.6. The van der Waals surface area contributed by atoms with Crippen LogP contribution in [0.15, 0.2) is 82.4 Å². The van der Waals surface area contributed by atoms with Crippen LogP contribution in [0.5, 0.6) is 11.5 Å². The first kappa shape index (κ1) is 27.5. The Hall–Kier alpha value is -3.54. The molecule has 12 heteroatoms. The summed E-state index contributed by atoms with van der Waals surface area (Å²) < 4.78 is 13.4. The second-order valence-electron chi connectivity index (χ2n) is 7.80. The third-order valence-corrected chi connectivity index (χ3v) is 6.83. The number of hydrogen-bond acceptors (Lipinski definition) is 7. The van der Waals surface area contributed by atoms with E-state index in [4.69, 9.17) is 21.1 Å². The van der Waals surface area contributed by atoms with Gasteiger partial charge in [0.15, 0.2) is 17.6 Å². The van der Waals surface area contributed by atoms with Gasteiger partial charge in [0.05, 0.1) is 19.4 Å². The molecule has 0 saturated carbocycles. The third-order valence-electron chi connectivity index (χ3n) is 5.12. The number of methoxy groups -OCH3 is 1. The zero-order valence-electron chi connectivity index (χ0n) is 20.2. The molecule has 4 rings (SSSR count). The first-order chi connectivity index (χ1) is 18.4. The van der Waals surface area contributed by atoms with E-state index in [0.29, 0.717) is 33.2 Å². The van der Waals surface area contributed by atoms with Crippen LogP contribution in [0.2, 0.25) is 5.02 Å². The second-order valence-corrected chi connectivity index (χ2v) is 10.1. The minimum atomic E-state index is -0.321. The molecular weight excluding hydrogens is 594 g/mol. The molecule has 0 aliphatic heterocycles. The predicted molar refractivity (Wildman–Crippen MR) is 150 cm³/mol. The number of halogens is 2. The highest BCUT2D eigenvalue weighted by Crippen LogP contribution is 2.24. The summed E-state index contributed by atoms with van der Waals surface area (Å²) in [5.41, 5.74) is 1.45. The van der Waals surface area contributed by atoms with E-state index in [1.54, 1.807) is 60.2 Å².